The molecule has 5 heteroatoms. The molecule has 0 amide bonds. The highest BCUT2D eigenvalue weighted by atomic mass is 15.3. The van der Waals surface area contributed by atoms with Crippen molar-refractivity contribution in [2.75, 3.05) is 25.0 Å². The maximum Gasteiger partial charge on any atom is 0.184 e. The molecule has 1 unspecified atom stereocenters. The molecule has 1 aromatic carbocycles. The summed E-state index contributed by atoms with van der Waals surface area (Å²) < 4.78 is 0. The number of hydrogen-bond donors (Lipinski definition) is 3. The van der Waals surface area contributed by atoms with E-state index in [1.807, 2.05) is 24.3 Å². The highest BCUT2D eigenvalue weighted by Crippen LogP contribution is 2.26. The molecule has 1 aromatic rings. The molecular weight excluding hydrogens is 250 g/mol. The van der Waals surface area contributed by atoms with Crippen LogP contribution in [0.15, 0.2) is 29.3 Å². The predicted octanol–water partition coefficient (Wildman–Crippen LogP) is 1.55. The lowest BCUT2D eigenvalue weighted by molar-refractivity contribution is 0.284. The largest absolute Gasteiger partial charge is 0.383 e. The zero-order valence-corrected chi connectivity index (χ0v) is 12.4. The minimum atomic E-state index is -0.786. The Kier molecular flexibility index (Phi) is 4.62. The maximum atomic E-state index is 6.34. The van der Waals surface area contributed by atoms with E-state index >= 15 is 0 Å². The topological polar surface area (TPSA) is 79.7 Å². The van der Waals surface area contributed by atoms with Crippen LogP contribution in [0.5, 0.6) is 0 Å². The van der Waals surface area contributed by atoms with E-state index in [0.717, 1.165) is 43.7 Å². The fourth-order valence-corrected chi connectivity index (χ4v) is 2.58. The summed E-state index contributed by atoms with van der Waals surface area (Å²) in [7, 11) is 0. The van der Waals surface area contributed by atoms with Gasteiger partial charge in [-0.1, -0.05) is 26.0 Å². The van der Waals surface area contributed by atoms with Gasteiger partial charge in [0.05, 0.1) is 0 Å². The molecule has 1 aliphatic heterocycles. The van der Waals surface area contributed by atoms with Crippen LogP contribution in [0.3, 0.4) is 0 Å². The number of fused-ring (bicyclic) bond motifs is 1. The number of para-hydroxylation sites is 1. The normalized spacial score (nSPS) is 21.3. The van der Waals surface area contributed by atoms with Gasteiger partial charge in [0.1, 0.15) is 5.84 Å². The fourth-order valence-electron chi connectivity index (χ4n) is 2.58. The van der Waals surface area contributed by atoms with Crippen molar-refractivity contribution in [1.29, 1.82) is 0 Å². The molecule has 0 spiro atoms. The van der Waals surface area contributed by atoms with E-state index in [1.54, 1.807) is 0 Å². The van der Waals surface area contributed by atoms with Gasteiger partial charge in [-0.15, -0.1) is 0 Å². The van der Waals surface area contributed by atoms with E-state index < -0.39 is 5.79 Å². The van der Waals surface area contributed by atoms with Crippen molar-refractivity contribution in [3.05, 3.63) is 29.8 Å². The van der Waals surface area contributed by atoms with Gasteiger partial charge in [0.15, 0.2) is 5.79 Å². The van der Waals surface area contributed by atoms with Gasteiger partial charge in [-0.05, 0) is 38.2 Å². The summed E-state index contributed by atoms with van der Waals surface area (Å²) >= 11 is 0. The summed E-state index contributed by atoms with van der Waals surface area (Å²) in [4.78, 5) is 6.83. The first-order valence-electron chi connectivity index (χ1n) is 7.32. The first kappa shape index (κ1) is 14.8. The molecule has 0 aliphatic carbocycles. The van der Waals surface area contributed by atoms with Crippen molar-refractivity contribution in [2.45, 2.75) is 32.5 Å². The third-order valence-electron chi connectivity index (χ3n) is 3.80. The molecule has 1 aliphatic rings. The van der Waals surface area contributed by atoms with Crippen molar-refractivity contribution in [2.24, 2.45) is 16.5 Å². The molecule has 0 saturated heterocycles. The third kappa shape index (κ3) is 3.29. The van der Waals surface area contributed by atoms with Gasteiger partial charge in [-0.25, -0.2) is 4.99 Å². The number of hydrogen-bond acceptors (Lipinski definition) is 5. The molecule has 5 N–H and O–H groups in total. The van der Waals surface area contributed by atoms with Gasteiger partial charge in [0, 0.05) is 17.7 Å². The highest BCUT2D eigenvalue weighted by molar-refractivity contribution is 6.04. The van der Waals surface area contributed by atoms with Crippen molar-refractivity contribution in [1.82, 2.24) is 4.90 Å². The molecule has 5 nitrogen and oxygen atoms in total. The fraction of sp³-hybridized carbons (Fsp3) is 0.533. The number of anilines is 1. The number of aliphatic imine (C=N–C) groups is 1. The molecule has 0 bridgehead atoms. The summed E-state index contributed by atoms with van der Waals surface area (Å²) in [5, 5.41) is 3.31. The molecule has 1 heterocycles. The number of nitrogens with one attached hydrogen (secondary N) is 1. The van der Waals surface area contributed by atoms with Crippen molar-refractivity contribution in [3.8, 4) is 0 Å². The standard InChI is InChI=1S/C15H25N5/c1-3-20(4-2)11-7-10-15(17)18-13-9-6-5-8-12(13)14(16)19-15/h5-6,8-9,18H,3-4,7,10-11,17H2,1-2H3,(H2,16,19). The average molecular weight is 275 g/mol. The molecule has 0 radical (unpaired) electrons. The number of nitrogens with two attached hydrogens (primary N) is 2. The number of nitrogens with zero attached hydrogens (tertiary/aromatic N) is 2. The van der Waals surface area contributed by atoms with Crippen LogP contribution >= 0.6 is 0 Å². The van der Waals surface area contributed by atoms with Crippen molar-refractivity contribution in [3.63, 3.8) is 0 Å². The molecule has 20 heavy (non-hydrogen) atoms. The first-order valence-corrected chi connectivity index (χ1v) is 7.32. The SMILES string of the molecule is CCN(CC)CCCC1(N)N=C(N)c2ccccc2N1. The Hall–Kier alpha value is -1.59. The third-order valence-corrected chi connectivity index (χ3v) is 3.80. The minimum Gasteiger partial charge on any atom is -0.383 e. The second-order valence-electron chi connectivity index (χ2n) is 5.22. The van der Waals surface area contributed by atoms with Crippen LogP contribution in [0.1, 0.15) is 32.3 Å². The lowest BCUT2D eigenvalue weighted by Crippen LogP contribution is -2.50. The van der Waals surface area contributed by atoms with Crippen molar-refractivity contribution < 1.29 is 0 Å². The summed E-state index contributed by atoms with van der Waals surface area (Å²) in [6, 6.07) is 7.87. The monoisotopic (exact) mass is 275 g/mol. The molecular formula is C15H25N5. The average Bonchev–Trinajstić information content (AvgIpc) is 2.43. The van der Waals surface area contributed by atoms with Crippen LogP contribution < -0.4 is 16.8 Å². The number of benzene rings is 1. The molecule has 0 aromatic heterocycles. The van der Waals surface area contributed by atoms with E-state index in [0.29, 0.717) is 5.84 Å². The molecule has 1 atom stereocenters. The second-order valence-corrected chi connectivity index (χ2v) is 5.22. The zero-order chi connectivity index (χ0) is 14.6. The Morgan fingerprint density at radius 2 is 1.95 bits per heavy atom. The number of rotatable bonds is 6. The second kappa shape index (κ2) is 6.24. The minimum absolute atomic E-state index is 0.518. The molecule has 2 rings (SSSR count). The first-order chi connectivity index (χ1) is 9.58. The lowest BCUT2D eigenvalue weighted by Gasteiger charge is -2.33. The Morgan fingerprint density at radius 3 is 2.65 bits per heavy atom. The summed E-state index contributed by atoms with van der Waals surface area (Å²) in [6.45, 7) is 7.51. The summed E-state index contributed by atoms with van der Waals surface area (Å²) in [6.07, 6.45) is 1.75. The molecule has 110 valence electrons. The van der Waals surface area contributed by atoms with E-state index in [1.165, 1.54) is 0 Å². The highest BCUT2D eigenvalue weighted by Gasteiger charge is 2.29. The van der Waals surface area contributed by atoms with Crippen LogP contribution in [0.4, 0.5) is 5.69 Å². The zero-order valence-electron chi connectivity index (χ0n) is 12.4. The Morgan fingerprint density at radius 1 is 1.25 bits per heavy atom. The van der Waals surface area contributed by atoms with Gasteiger partial charge in [0.2, 0.25) is 0 Å². The smallest absolute Gasteiger partial charge is 0.184 e. The van der Waals surface area contributed by atoms with Gasteiger partial charge >= 0.3 is 0 Å². The molecule has 0 saturated carbocycles. The summed E-state index contributed by atoms with van der Waals surface area (Å²) in [5.41, 5.74) is 14.3. The van der Waals surface area contributed by atoms with Crippen LogP contribution in [0.25, 0.3) is 0 Å². The quantitative estimate of drug-likeness (QED) is 0.736. The Balaban J connectivity index is 2.01. The van der Waals surface area contributed by atoms with Gasteiger partial charge < -0.3 is 16.0 Å². The summed E-state index contributed by atoms with van der Waals surface area (Å²) in [5.74, 6) is -0.268. The van der Waals surface area contributed by atoms with E-state index in [9.17, 15) is 0 Å². The maximum absolute atomic E-state index is 6.34. The van der Waals surface area contributed by atoms with E-state index in [-0.39, 0.29) is 0 Å². The van der Waals surface area contributed by atoms with Crippen LogP contribution in [0.2, 0.25) is 0 Å². The predicted molar refractivity (Wildman–Crippen MR) is 84.7 cm³/mol. The lowest BCUT2D eigenvalue weighted by atomic mass is 10.1. The Bertz CT molecular complexity index is 481. The Labute approximate surface area is 121 Å². The van der Waals surface area contributed by atoms with E-state index in [2.05, 4.69) is 29.1 Å². The van der Waals surface area contributed by atoms with Crippen molar-refractivity contribution >= 4 is 11.5 Å². The van der Waals surface area contributed by atoms with Gasteiger partial charge in [0.25, 0.3) is 0 Å². The number of amidine groups is 1. The van der Waals surface area contributed by atoms with E-state index in [4.69, 9.17) is 11.5 Å². The van der Waals surface area contributed by atoms with Gasteiger partial charge in [-0.2, -0.15) is 0 Å². The van der Waals surface area contributed by atoms with Gasteiger partial charge in [-0.3, -0.25) is 5.73 Å². The molecule has 0 fully saturated rings. The van der Waals surface area contributed by atoms with Crippen LogP contribution in [-0.2, 0) is 0 Å². The van der Waals surface area contributed by atoms with Crippen LogP contribution in [-0.4, -0.2) is 36.2 Å². The van der Waals surface area contributed by atoms with Crippen LogP contribution in [0, 0.1) is 0 Å².